The average molecular weight is 293 g/mol. The number of carbonyl (C=O) groups is 1. The number of rotatable bonds is 7. The van der Waals surface area contributed by atoms with Gasteiger partial charge in [0, 0.05) is 24.7 Å². The van der Waals surface area contributed by atoms with Crippen LogP contribution >= 0.6 is 0 Å². The van der Waals surface area contributed by atoms with Crippen LogP contribution in [-0.4, -0.2) is 34.3 Å². The van der Waals surface area contributed by atoms with Crippen molar-refractivity contribution in [1.82, 2.24) is 9.80 Å². The van der Waals surface area contributed by atoms with Gasteiger partial charge in [-0.15, -0.1) is 0 Å². The van der Waals surface area contributed by atoms with E-state index < -0.39 is 6.09 Å². The molecule has 0 aliphatic heterocycles. The standard InChI is InChI=1S/C17H28N2O2/c1-6-7-8-9-10-14-13-15(19(3,4)5)11-12-16(14)21-17(20)18-2/h11-13H,6-10H2,1-5H3/p+1. The highest BCUT2D eigenvalue weighted by atomic mass is 16.6. The molecule has 0 radical (unpaired) electrons. The third-order valence-corrected chi connectivity index (χ3v) is 3.53. The maximum atomic E-state index is 11.5. The molecule has 4 nitrogen and oxygen atoms in total. The smallest absolute Gasteiger partial charge is 0.410 e. The molecule has 21 heavy (non-hydrogen) atoms. The SMILES string of the molecule is CCCCCCc1cc([N+](C)(C)C)ccc1OC(=O)NC. The van der Waals surface area contributed by atoms with E-state index in [2.05, 4.69) is 39.4 Å². The predicted molar refractivity (Wildman–Crippen MR) is 88.9 cm³/mol. The fourth-order valence-corrected chi connectivity index (χ4v) is 2.17. The van der Waals surface area contributed by atoms with E-state index >= 15 is 0 Å². The number of amides is 1. The van der Waals surface area contributed by atoms with Crippen LogP contribution in [0.5, 0.6) is 5.75 Å². The fraction of sp³-hybridized carbons (Fsp3) is 0.588. The summed E-state index contributed by atoms with van der Waals surface area (Å²) in [4.78, 5) is 11.5. The molecule has 0 atom stereocenters. The number of hydrogen-bond acceptors (Lipinski definition) is 2. The van der Waals surface area contributed by atoms with Crippen LogP contribution in [0.3, 0.4) is 0 Å². The summed E-state index contributed by atoms with van der Waals surface area (Å²) in [6.07, 6.45) is 5.34. The molecule has 1 amide bonds. The van der Waals surface area contributed by atoms with Crippen LogP contribution < -0.4 is 14.5 Å². The summed E-state index contributed by atoms with van der Waals surface area (Å²) in [6.45, 7) is 2.21. The highest BCUT2D eigenvalue weighted by Gasteiger charge is 2.16. The second-order valence-corrected chi connectivity index (χ2v) is 6.25. The Hall–Kier alpha value is -1.55. The number of nitrogens with one attached hydrogen (secondary N) is 1. The van der Waals surface area contributed by atoms with Crippen LogP contribution in [0.25, 0.3) is 0 Å². The summed E-state index contributed by atoms with van der Waals surface area (Å²) in [6, 6.07) is 6.08. The van der Waals surface area contributed by atoms with Crippen molar-refractivity contribution < 1.29 is 9.53 Å². The molecule has 4 heteroatoms. The topological polar surface area (TPSA) is 38.3 Å². The molecule has 0 unspecified atom stereocenters. The minimum Gasteiger partial charge on any atom is -0.410 e. The first-order valence-corrected chi connectivity index (χ1v) is 7.73. The first-order chi connectivity index (χ1) is 9.88. The van der Waals surface area contributed by atoms with Gasteiger partial charge in [0.05, 0.1) is 21.1 Å². The fourth-order valence-electron chi connectivity index (χ4n) is 2.17. The zero-order valence-electron chi connectivity index (χ0n) is 14.0. The van der Waals surface area contributed by atoms with Crippen molar-refractivity contribution in [2.45, 2.75) is 39.0 Å². The number of benzene rings is 1. The highest BCUT2D eigenvalue weighted by Crippen LogP contribution is 2.28. The Bertz CT molecular complexity index is 464. The van der Waals surface area contributed by atoms with Gasteiger partial charge in [0.1, 0.15) is 11.4 Å². The summed E-state index contributed by atoms with van der Waals surface area (Å²) in [5.74, 6) is 0.669. The minimum absolute atomic E-state index is 0.414. The van der Waals surface area contributed by atoms with Crippen LogP contribution in [0.4, 0.5) is 10.5 Å². The summed E-state index contributed by atoms with van der Waals surface area (Å²) in [5.41, 5.74) is 2.32. The van der Waals surface area contributed by atoms with Gasteiger partial charge >= 0.3 is 6.09 Å². The lowest BCUT2D eigenvalue weighted by molar-refractivity contribution is 0.202. The molecule has 1 N–H and O–H groups in total. The van der Waals surface area contributed by atoms with Crippen LogP contribution in [0.2, 0.25) is 0 Å². The molecule has 0 aliphatic rings. The van der Waals surface area contributed by atoms with Gasteiger partial charge in [0.25, 0.3) is 0 Å². The van der Waals surface area contributed by atoms with E-state index in [-0.39, 0.29) is 0 Å². The normalized spacial score (nSPS) is 11.3. The molecule has 1 aromatic rings. The Labute approximate surface area is 128 Å². The number of unbranched alkanes of at least 4 members (excludes halogenated alkanes) is 3. The maximum absolute atomic E-state index is 11.5. The zero-order chi connectivity index (χ0) is 15.9. The van der Waals surface area contributed by atoms with Crippen molar-refractivity contribution in [2.75, 3.05) is 28.2 Å². The van der Waals surface area contributed by atoms with E-state index in [9.17, 15) is 4.79 Å². The average Bonchev–Trinajstić information content (AvgIpc) is 2.43. The van der Waals surface area contributed by atoms with Crippen molar-refractivity contribution >= 4 is 11.8 Å². The van der Waals surface area contributed by atoms with Crippen molar-refractivity contribution in [3.63, 3.8) is 0 Å². The molecule has 0 aliphatic carbocycles. The third kappa shape index (κ3) is 5.76. The van der Waals surface area contributed by atoms with Crippen molar-refractivity contribution in [1.29, 1.82) is 0 Å². The van der Waals surface area contributed by atoms with E-state index in [1.165, 1.54) is 24.9 Å². The largest absolute Gasteiger partial charge is 0.412 e. The van der Waals surface area contributed by atoms with E-state index in [1.807, 2.05) is 12.1 Å². The third-order valence-electron chi connectivity index (χ3n) is 3.53. The van der Waals surface area contributed by atoms with E-state index in [0.29, 0.717) is 5.75 Å². The van der Waals surface area contributed by atoms with Crippen molar-refractivity contribution in [3.8, 4) is 5.75 Å². The first-order valence-electron chi connectivity index (χ1n) is 7.73. The molecule has 118 valence electrons. The van der Waals surface area contributed by atoms with Crippen LogP contribution in [-0.2, 0) is 6.42 Å². The lowest BCUT2D eigenvalue weighted by atomic mass is 10.0. The Balaban J connectivity index is 2.92. The maximum Gasteiger partial charge on any atom is 0.412 e. The number of ether oxygens (including phenoxy) is 1. The van der Waals surface area contributed by atoms with Gasteiger partial charge in [-0.05, 0) is 18.9 Å². The molecule has 0 aromatic heterocycles. The van der Waals surface area contributed by atoms with E-state index in [4.69, 9.17) is 4.74 Å². The quantitative estimate of drug-likeness (QED) is 0.614. The number of aryl methyl sites for hydroxylation is 1. The first kappa shape index (κ1) is 17.5. The van der Waals surface area contributed by atoms with Gasteiger partial charge in [0.15, 0.2) is 0 Å². The Morgan fingerprint density at radius 3 is 2.48 bits per heavy atom. The predicted octanol–water partition coefficient (Wildman–Crippen LogP) is 3.72. The summed E-state index contributed by atoms with van der Waals surface area (Å²) in [5, 5.41) is 2.50. The lowest BCUT2D eigenvalue weighted by Crippen LogP contribution is -2.34. The summed E-state index contributed by atoms with van der Waals surface area (Å²) >= 11 is 0. The zero-order valence-corrected chi connectivity index (χ0v) is 14.0. The van der Waals surface area contributed by atoms with Gasteiger partial charge in [0.2, 0.25) is 0 Å². The molecular weight excluding hydrogens is 264 g/mol. The van der Waals surface area contributed by atoms with Gasteiger partial charge < -0.3 is 10.1 Å². The molecule has 1 aromatic carbocycles. The van der Waals surface area contributed by atoms with E-state index in [0.717, 1.165) is 22.9 Å². The molecule has 1 rings (SSSR count). The molecule has 0 fully saturated rings. The Morgan fingerprint density at radius 2 is 1.90 bits per heavy atom. The van der Waals surface area contributed by atoms with Gasteiger partial charge in [-0.3, -0.25) is 4.48 Å². The number of quaternary nitrogens is 1. The summed E-state index contributed by atoms with van der Waals surface area (Å²) in [7, 11) is 7.98. The van der Waals surface area contributed by atoms with Crippen LogP contribution in [0.15, 0.2) is 18.2 Å². The van der Waals surface area contributed by atoms with Crippen molar-refractivity contribution in [2.24, 2.45) is 0 Å². The number of nitrogens with zero attached hydrogens (tertiary/aromatic N) is 1. The van der Waals surface area contributed by atoms with Gasteiger partial charge in [-0.25, -0.2) is 4.79 Å². The monoisotopic (exact) mass is 293 g/mol. The molecule has 0 heterocycles. The van der Waals surface area contributed by atoms with Gasteiger partial charge in [-0.2, -0.15) is 0 Å². The molecule has 0 saturated heterocycles. The number of hydrogen-bond donors (Lipinski definition) is 1. The van der Waals surface area contributed by atoms with Crippen LogP contribution in [0.1, 0.15) is 38.2 Å². The van der Waals surface area contributed by atoms with Crippen LogP contribution in [0, 0.1) is 0 Å². The summed E-state index contributed by atoms with van der Waals surface area (Å²) < 4.78 is 6.11. The van der Waals surface area contributed by atoms with E-state index in [1.54, 1.807) is 7.05 Å². The molecule has 0 saturated carbocycles. The molecule has 0 spiro atoms. The Kier molecular flexibility index (Phi) is 6.69. The van der Waals surface area contributed by atoms with Crippen molar-refractivity contribution in [3.05, 3.63) is 23.8 Å². The van der Waals surface area contributed by atoms with Gasteiger partial charge in [-0.1, -0.05) is 26.2 Å². The lowest BCUT2D eigenvalue weighted by Gasteiger charge is -2.24. The molecule has 0 bridgehead atoms. The molecular formula is C17H29N2O2+. The highest BCUT2D eigenvalue weighted by molar-refractivity contribution is 5.70. The second-order valence-electron chi connectivity index (χ2n) is 6.25. The number of carbonyl (C=O) groups excluding carboxylic acids is 1. The Morgan fingerprint density at radius 1 is 1.19 bits per heavy atom. The minimum atomic E-state index is -0.414. The second kappa shape index (κ2) is 8.03.